The van der Waals surface area contributed by atoms with Crippen molar-refractivity contribution in [2.45, 2.75) is 6.42 Å². The van der Waals surface area contributed by atoms with Crippen LogP contribution in [0.4, 0.5) is 17.1 Å². The number of nitro benzene ring substituents is 2. The summed E-state index contributed by atoms with van der Waals surface area (Å²) in [7, 11) is 0. The molecule has 2 rings (SSSR count). The number of non-ortho nitro benzene ring substituents is 1. The van der Waals surface area contributed by atoms with E-state index in [1.807, 2.05) is 5.38 Å². The first kappa shape index (κ1) is 13.9. The molecule has 20 heavy (non-hydrogen) atoms. The third kappa shape index (κ3) is 3.26. The predicted molar refractivity (Wildman–Crippen MR) is 74.1 cm³/mol. The van der Waals surface area contributed by atoms with Gasteiger partial charge in [0.25, 0.3) is 11.4 Å². The maximum Gasteiger partial charge on any atom is 0.299 e. The van der Waals surface area contributed by atoms with Crippen LogP contribution in [0.15, 0.2) is 29.8 Å². The van der Waals surface area contributed by atoms with E-state index in [9.17, 15) is 20.2 Å². The lowest BCUT2D eigenvalue weighted by molar-refractivity contribution is -0.393. The van der Waals surface area contributed by atoms with Gasteiger partial charge >= 0.3 is 0 Å². The van der Waals surface area contributed by atoms with Crippen molar-refractivity contribution in [2.75, 3.05) is 11.9 Å². The smallest absolute Gasteiger partial charge is 0.299 e. The maximum atomic E-state index is 10.9. The number of nitrogens with zero attached hydrogens (tertiary/aromatic N) is 3. The van der Waals surface area contributed by atoms with Gasteiger partial charge in [0.15, 0.2) is 0 Å². The number of thiazole rings is 1. The molecule has 0 aliphatic rings. The van der Waals surface area contributed by atoms with Crippen LogP contribution < -0.4 is 5.32 Å². The lowest BCUT2D eigenvalue weighted by atomic mass is 10.2. The van der Waals surface area contributed by atoms with Gasteiger partial charge in [-0.05, 0) is 6.07 Å². The van der Waals surface area contributed by atoms with E-state index in [1.54, 1.807) is 6.20 Å². The normalized spacial score (nSPS) is 10.2. The van der Waals surface area contributed by atoms with E-state index in [0.29, 0.717) is 13.0 Å². The molecule has 0 radical (unpaired) electrons. The van der Waals surface area contributed by atoms with E-state index in [2.05, 4.69) is 10.3 Å². The minimum absolute atomic E-state index is 0.261. The van der Waals surface area contributed by atoms with Crippen LogP contribution in [0.3, 0.4) is 0 Å². The van der Waals surface area contributed by atoms with Gasteiger partial charge in [-0.25, -0.2) is 4.98 Å². The molecular weight excluding hydrogens is 284 g/mol. The molecule has 1 N–H and O–H groups in total. The van der Waals surface area contributed by atoms with Gasteiger partial charge in [-0.15, -0.1) is 11.3 Å². The topological polar surface area (TPSA) is 111 Å². The van der Waals surface area contributed by atoms with E-state index >= 15 is 0 Å². The Labute approximate surface area is 117 Å². The zero-order chi connectivity index (χ0) is 14.5. The highest BCUT2D eigenvalue weighted by Crippen LogP contribution is 2.28. The SMILES string of the molecule is O=[N+]([O-])c1ccc(NCCc2nccs2)c([N+](=O)[O-])c1. The number of hydrogen-bond donors (Lipinski definition) is 1. The van der Waals surface area contributed by atoms with Crippen LogP contribution in [0.5, 0.6) is 0 Å². The van der Waals surface area contributed by atoms with Crippen LogP contribution in [0.2, 0.25) is 0 Å². The first-order chi connectivity index (χ1) is 9.58. The fraction of sp³-hybridized carbons (Fsp3) is 0.182. The summed E-state index contributed by atoms with van der Waals surface area (Å²) in [6, 6.07) is 3.53. The molecule has 0 atom stereocenters. The highest BCUT2D eigenvalue weighted by molar-refractivity contribution is 7.09. The molecule has 0 saturated heterocycles. The summed E-state index contributed by atoms with van der Waals surface area (Å²) in [4.78, 5) is 24.3. The second-order valence-electron chi connectivity index (χ2n) is 3.82. The van der Waals surface area contributed by atoms with Gasteiger partial charge in [0.2, 0.25) is 0 Å². The molecular formula is C11H10N4O4S. The minimum atomic E-state index is -0.660. The summed E-state index contributed by atoms with van der Waals surface area (Å²) in [5.74, 6) is 0. The van der Waals surface area contributed by atoms with Gasteiger partial charge in [-0.2, -0.15) is 0 Å². The molecule has 1 aromatic heterocycles. The average Bonchev–Trinajstić information content (AvgIpc) is 2.91. The van der Waals surface area contributed by atoms with E-state index in [4.69, 9.17) is 0 Å². The summed E-state index contributed by atoms with van der Waals surface area (Å²) < 4.78 is 0. The monoisotopic (exact) mass is 294 g/mol. The van der Waals surface area contributed by atoms with Gasteiger partial charge in [0.05, 0.1) is 20.9 Å². The predicted octanol–water partition coefficient (Wildman–Crippen LogP) is 2.61. The van der Waals surface area contributed by atoms with Gasteiger partial charge in [-0.1, -0.05) is 0 Å². The van der Waals surface area contributed by atoms with Crippen LogP contribution in [0, 0.1) is 20.2 Å². The molecule has 0 amide bonds. The Kier molecular flexibility index (Phi) is 4.20. The van der Waals surface area contributed by atoms with Crippen LogP contribution in [0.1, 0.15) is 5.01 Å². The first-order valence-electron chi connectivity index (χ1n) is 5.63. The van der Waals surface area contributed by atoms with Crippen molar-refractivity contribution >= 4 is 28.4 Å². The molecule has 0 unspecified atom stereocenters. The Morgan fingerprint density at radius 2 is 2.05 bits per heavy atom. The van der Waals surface area contributed by atoms with Crippen molar-refractivity contribution in [1.82, 2.24) is 4.98 Å². The van der Waals surface area contributed by atoms with Gasteiger partial charge in [-0.3, -0.25) is 20.2 Å². The van der Waals surface area contributed by atoms with E-state index in [1.165, 1.54) is 23.5 Å². The minimum Gasteiger partial charge on any atom is -0.379 e. The van der Waals surface area contributed by atoms with Crippen molar-refractivity contribution in [3.05, 3.63) is 55.0 Å². The molecule has 0 fully saturated rings. The van der Waals surface area contributed by atoms with Crippen molar-refractivity contribution in [3.8, 4) is 0 Å². The molecule has 0 aliphatic heterocycles. The Balaban J connectivity index is 2.10. The van der Waals surface area contributed by atoms with Gasteiger partial charge in [0.1, 0.15) is 5.69 Å². The van der Waals surface area contributed by atoms with Gasteiger partial charge in [0, 0.05) is 30.6 Å². The van der Waals surface area contributed by atoms with Crippen LogP contribution in [-0.4, -0.2) is 21.4 Å². The maximum absolute atomic E-state index is 10.9. The third-order valence-corrected chi connectivity index (χ3v) is 3.37. The van der Waals surface area contributed by atoms with Crippen molar-refractivity contribution in [3.63, 3.8) is 0 Å². The quantitative estimate of drug-likeness (QED) is 0.647. The van der Waals surface area contributed by atoms with E-state index in [0.717, 1.165) is 11.1 Å². The molecule has 0 saturated carbocycles. The molecule has 2 aromatic rings. The zero-order valence-electron chi connectivity index (χ0n) is 10.2. The second kappa shape index (κ2) is 6.06. The highest BCUT2D eigenvalue weighted by atomic mass is 32.1. The Morgan fingerprint density at radius 1 is 1.25 bits per heavy atom. The molecule has 8 nitrogen and oxygen atoms in total. The van der Waals surface area contributed by atoms with Crippen molar-refractivity contribution < 1.29 is 9.85 Å². The molecule has 0 aliphatic carbocycles. The average molecular weight is 294 g/mol. The zero-order valence-corrected chi connectivity index (χ0v) is 11.0. The largest absolute Gasteiger partial charge is 0.379 e. The van der Waals surface area contributed by atoms with Crippen LogP contribution in [0.25, 0.3) is 0 Å². The van der Waals surface area contributed by atoms with E-state index in [-0.39, 0.29) is 17.1 Å². The lowest BCUT2D eigenvalue weighted by Crippen LogP contribution is -2.07. The number of nitro groups is 2. The lowest BCUT2D eigenvalue weighted by Gasteiger charge is -2.05. The first-order valence-corrected chi connectivity index (χ1v) is 6.51. The molecule has 0 bridgehead atoms. The fourth-order valence-corrected chi connectivity index (χ4v) is 2.24. The third-order valence-electron chi connectivity index (χ3n) is 2.53. The number of benzene rings is 1. The fourth-order valence-electron chi connectivity index (χ4n) is 1.61. The molecule has 0 spiro atoms. The van der Waals surface area contributed by atoms with Crippen LogP contribution >= 0.6 is 11.3 Å². The number of aromatic nitrogens is 1. The molecule has 9 heteroatoms. The summed E-state index contributed by atoms with van der Waals surface area (Å²) in [5, 5.41) is 27.2. The summed E-state index contributed by atoms with van der Waals surface area (Å²) >= 11 is 1.50. The number of rotatable bonds is 6. The van der Waals surface area contributed by atoms with Gasteiger partial charge < -0.3 is 5.32 Å². The number of nitrogens with one attached hydrogen (secondary N) is 1. The van der Waals surface area contributed by atoms with Crippen molar-refractivity contribution in [2.24, 2.45) is 0 Å². The summed E-state index contributed by atoms with van der Waals surface area (Å²) in [5.41, 5.74) is -0.349. The molecule has 1 aromatic carbocycles. The Bertz CT molecular complexity index is 629. The number of anilines is 1. The van der Waals surface area contributed by atoms with Crippen molar-refractivity contribution in [1.29, 1.82) is 0 Å². The highest BCUT2D eigenvalue weighted by Gasteiger charge is 2.19. The summed E-state index contributed by atoms with van der Waals surface area (Å²) in [6.45, 7) is 0.464. The Hall–Kier alpha value is -2.55. The second-order valence-corrected chi connectivity index (χ2v) is 4.80. The molecule has 1 heterocycles. The number of hydrogen-bond acceptors (Lipinski definition) is 7. The van der Waals surface area contributed by atoms with E-state index < -0.39 is 9.85 Å². The standard InChI is InChI=1S/C11H10N4O4S/c16-14(17)8-1-2-9(10(7-8)15(18)19)12-4-3-11-13-5-6-20-11/h1-2,5-7,12H,3-4H2. The summed E-state index contributed by atoms with van der Waals surface area (Å²) in [6.07, 6.45) is 2.32. The Morgan fingerprint density at radius 3 is 2.65 bits per heavy atom. The molecule has 104 valence electrons. The van der Waals surface area contributed by atoms with Crippen LogP contribution in [-0.2, 0) is 6.42 Å².